The predicted octanol–water partition coefficient (Wildman–Crippen LogP) is 2.26. The second-order valence-electron chi connectivity index (χ2n) is 4.30. The molecule has 0 atom stereocenters. The lowest BCUT2D eigenvalue weighted by molar-refractivity contribution is 0.0720. The van der Waals surface area contributed by atoms with Gasteiger partial charge in [0.15, 0.2) is 0 Å². The van der Waals surface area contributed by atoms with E-state index < -0.39 is 0 Å². The summed E-state index contributed by atoms with van der Waals surface area (Å²) in [6.45, 7) is 4.13. The molecule has 1 aromatic carbocycles. The van der Waals surface area contributed by atoms with Crippen LogP contribution < -0.4 is 5.32 Å². The molecule has 0 aromatic heterocycles. The Balaban J connectivity index is 1.82. The van der Waals surface area contributed by atoms with E-state index in [0.717, 1.165) is 19.7 Å². The summed E-state index contributed by atoms with van der Waals surface area (Å²) in [5.74, 6) is 0. The van der Waals surface area contributed by atoms with Gasteiger partial charge in [-0.2, -0.15) is 0 Å². The SMILES string of the molecule is COCCOCCNCCCCc1ccccc1. The summed E-state index contributed by atoms with van der Waals surface area (Å²) in [6.07, 6.45) is 3.63. The van der Waals surface area contributed by atoms with Gasteiger partial charge in [-0.15, -0.1) is 0 Å². The summed E-state index contributed by atoms with van der Waals surface area (Å²) in [5.41, 5.74) is 1.43. The van der Waals surface area contributed by atoms with Gasteiger partial charge in [0.2, 0.25) is 0 Å². The molecule has 0 amide bonds. The number of benzene rings is 1. The third-order valence-electron chi connectivity index (χ3n) is 2.77. The van der Waals surface area contributed by atoms with Crippen molar-refractivity contribution in [3.8, 4) is 0 Å². The number of nitrogens with one attached hydrogen (secondary N) is 1. The molecule has 0 fully saturated rings. The third kappa shape index (κ3) is 8.23. The highest BCUT2D eigenvalue weighted by Crippen LogP contribution is 2.03. The van der Waals surface area contributed by atoms with Gasteiger partial charge in [0, 0.05) is 13.7 Å². The summed E-state index contributed by atoms with van der Waals surface area (Å²) < 4.78 is 10.3. The van der Waals surface area contributed by atoms with Crippen molar-refractivity contribution in [2.45, 2.75) is 19.3 Å². The van der Waals surface area contributed by atoms with E-state index in [1.165, 1.54) is 24.8 Å². The Morgan fingerprint density at radius 2 is 1.78 bits per heavy atom. The minimum atomic E-state index is 0.678. The molecule has 0 aliphatic rings. The number of rotatable bonds is 11. The second-order valence-corrected chi connectivity index (χ2v) is 4.30. The second kappa shape index (κ2) is 11.2. The smallest absolute Gasteiger partial charge is 0.0700 e. The molecule has 1 N–H and O–H groups in total. The van der Waals surface area contributed by atoms with Crippen LogP contribution in [0.5, 0.6) is 0 Å². The van der Waals surface area contributed by atoms with E-state index in [9.17, 15) is 0 Å². The van der Waals surface area contributed by atoms with Crippen molar-refractivity contribution in [3.05, 3.63) is 35.9 Å². The number of methoxy groups -OCH3 is 1. The molecule has 0 spiro atoms. The van der Waals surface area contributed by atoms with Crippen LogP contribution >= 0.6 is 0 Å². The lowest BCUT2D eigenvalue weighted by Gasteiger charge is -2.06. The van der Waals surface area contributed by atoms with Gasteiger partial charge in [-0.05, 0) is 31.4 Å². The van der Waals surface area contributed by atoms with Crippen molar-refractivity contribution >= 4 is 0 Å². The maximum atomic E-state index is 5.36. The molecule has 102 valence electrons. The van der Waals surface area contributed by atoms with Gasteiger partial charge in [-0.25, -0.2) is 0 Å². The zero-order valence-electron chi connectivity index (χ0n) is 11.4. The molecule has 0 radical (unpaired) electrons. The lowest BCUT2D eigenvalue weighted by atomic mass is 10.1. The number of aryl methyl sites for hydroxylation is 1. The van der Waals surface area contributed by atoms with Crippen LogP contribution in [-0.4, -0.2) is 40.0 Å². The van der Waals surface area contributed by atoms with Gasteiger partial charge in [-0.1, -0.05) is 30.3 Å². The lowest BCUT2D eigenvalue weighted by Crippen LogP contribution is -2.21. The van der Waals surface area contributed by atoms with Crippen LogP contribution in [0.25, 0.3) is 0 Å². The molecule has 3 heteroatoms. The Labute approximate surface area is 110 Å². The molecule has 0 heterocycles. The van der Waals surface area contributed by atoms with Crippen LogP contribution in [0.3, 0.4) is 0 Å². The highest BCUT2D eigenvalue weighted by molar-refractivity contribution is 5.14. The first kappa shape index (κ1) is 15.2. The number of hydrogen-bond acceptors (Lipinski definition) is 3. The molecule has 18 heavy (non-hydrogen) atoms. The molecule has 0 aliphatic carbocycles. The monoisotopic (exact) mass is 251 g/mol. The Morgan fingerprint density at radius 3 is 2.56 bits per heavy atom. The van der Waals surface area contributed by atoms with E-state index in [1.54, 1.807) is 7.11 Å². The van der Waals surface area contributed by atoms with Crippen LogP contribution in [0, 0.1) is 0 Å². The van der Waals surface area contributed by atoms with Crippen LogP contribution in [0.1, 0.15) is 18.4 Å². The molecule has 0 aliphatic heterocycles. The van der Waals surface area contributed by atoms with Crippen molar-refractivity contribution in [2.24, 2.45) is 0 Å². The van der Waals surface area contributed by atoms with E-state index in [4.69, 9.17) is 9.47 Å². The van der Waals surface area contributed by atoms with Crippen LogP contribution in [0.15, 0.2) is 30.3 Å². The van der Waals surface area contributed by atoms with Crippen LogP contribution in [0.2, 0.25) is 0 Å². The van der Waals surface area contributed by atoms with Gasteiger partial charge < -0.3 is 14.8 Å². The summed E-state index contributed by atoms with van der Waals surface area (Å²) in [5, 5.41) is 3.38. The molecule has 1 aromatic rings. The molecule has 0 saturated carbocycles. The average molecular weight is 251 g/mol. The molecule has 0 unspecified atom stereocenters. The minimum absolute atomic E-state index is 0.678. The Hall–Kier alpha value is -0.900. The average Bonchev–Trinajstić information content (AvgIpc) is 2.42. The summed E-state index contributed by atoms with van der Waals surface area (Å²) in [7, 11) is 1.69. The van der Waals surface area contributed by atoms with Crippen LogP contribution in [-0.2, 0) is 15.9 Å². The van der Waals surface area contributed by atoms with Gasteiger partial charge in [0.25, 0.3) is 0 Å². The minimum Gasteiger partial charge on any atom is -0.382 e. The first-order chi connectivity index (χ1) is 8.93. The van der Waals surface area contributed by atoms with E-state index >= 15 is 0 Å². The van der Waals surface area contributed by atoms with E-state index in [0.29, 0.717) is 13.2 Å². The van der Waals surface area contributed by atoms with Gasteiger partial charge in [-0.3, -0.25) is 0 Å². The Morgan fingerprint density at radius 1 is 0.944 bits per heavy atom. The van der Waals surface area contributed by atoms with Crippen LogP contribution in [0.4, 0.5) is 0 Å². The fourth-order valence-electron chi connectivity index (χ4n) is 1.74. The number of hydrogen-bond donors (Lipinski definition) is 1. The van der Waals surface area contributed by atoms with Crippen molar-refractivity contribution in [3.63, 3.8) is 0 Å². The zero-order chi connectivity index (χ0) is 12.9. The topological polar surface area (TPSA) is 30.5 Å². The van der Waals surface area contributed by atoms with E-state index in [2.05, 4.69) is 35.6 Å². The van der Waals surface area contributed by atoms with Gasteiger partial charge in [0.1, 0.15) is 0 Å². The fourth-order valence-corrected chi connectivity index (χ4v) is 1.74. The standard InChI is InChI=1S/C15H25NO2/c1-17-13-14-18-12-11-16-10-6-5-9-15-7-3-2-4-8-15/h2-4,7-8,16H,5-6,9-14H2,1H3. The summed E-state index contributed by atoms with van der Waals surface area (Å²) >= 11 is 0. The number of unbranched alkanes of at least 4 members (excludes halogenated alkanes) is 1. The molecule has 1 rings (SSSR count). The maximum Gasteiger partial charge on any atom is 0.0700 e. The largest absolute Gasteiger partial charge is 0.382 e. The molecule has 3 nitrogen and oxygen atoms in total. The highest BCUT2D eigenvalue weighted by atomic mass is 16.5. The first-order valence-electron chi connectivity index (χ1n) is 6.75. The van der Waals surface area contributed by atoms with Gasteiger partial charge in [0.05, 0.1) is 19.8 Å². The zero-order valence-corrected chi connectivity index (χ0v) is 11.4. The molecule has 0 saturated heterocycles. The van der Waals surface area contributed by atoms with E-state index in [-0.39, 0.29) is 0 Å². The quantitative estimate of drug-likeness (QED) is 0.612. The van der Waals surface area contributed by atoms with E-state index in [1.807, 2.05) is 0 Å². The first-order valence-corrected chi connectivity index (χ1v) is 6.75. The summed E-state index contributed by atoms with van der Waals surface area (Å²) in [6, 6.07) is 10.7. The molecule has 0 bridgehead atoms. The van der Waals surface area contributed by atoms with Crippen molar-refractivity contribution in [1.29, 1.82) is 0 Å². The van der Waals surface area contributed by atoms with Crippen molar-refractivity contribution < 1.29 is 9.47 Å². The molecular formula is C15H25NO2. The Kier molecular flexibility index (Phi) is 9.44. The maximum absolute atomic E-state index is 5.36. The van der Waals surface area contributed by atoms with Crippen molar-refractivity contribution in [2.75, 3.05) is 40.0 Å². The molecular weight excluding hydrogens is 226 g/mol. The predicted molar refractivity (Wildman–Crippen MR) is 74.9 cm³/mol. The normalized spacial score (nSPS) is 10.7. The highest BCUT2D eigenvalue weighted by Gasteiger charge is 1.93. The fraction of sp³-hybridized carbons (Fsp3) is 0.600. The summed E-state index contributed by atoms with van der Waals surface area (Å²) in [4.78, 5) is 0. The van der Waals surface area contributed by atoms with Gasteiger partial charge >= 0.3 is 0 Å². The van der Waals surface area contributed by atoms with Crippen molar-refractivity contribution in [1.82, 2.24) is 5.32 Å². The number of ether oxygens (including phenoxy) is 2. The third-order valence-corrected chi connectivity index (χ3v) is 2.77. The Bertz CT molecular complexity index is 277.